The molecule has 0 bridgehead atoms. The molecule has 0 heterocycles. The van der Waals surface area contributed by atoms with Crippen LogP contribution in [0.1, 0.15) is 16.8 Å². The van der Waals surface area contributed by atoms with Crippen LogP contribution in [0.25, 0.3) is 0 Å². The first-order valence-corrected chi connectivity index (χ1v) is 5.81. The molecule has 7 nitrogen and oxygen atoms in total. The minimum absolute atomic E-state index is 0.0753. The Morgan fingerprint density at radius 1 is 1.42 bits per heavy atom. The maximum Gasteiger partial charge on any atom is 0.282 e. The molecule has 0 radical (unpaired) electrons. The standard InChI is InChI=1S/C11H12ClNO6/c1-18-9-6-8(13(16)17)7(11(14)15)5-10(9)19-4-2-3-12/h5-6H,2-4H2,1H3,(H,14,15)/p-1. The van der Waals surface area contributed by atoms with Gasteiger partial charge in [0, 0.05) is 5.88 Å². The van der Waals surface area contributed by atoms with Gasteiger partial charge in [-0.15, -0.1) is 11.6 Å². The van der Waals surface area contributed by atoms with E-state index in [0.29, 0.717) is 12.3 Å². The van der Waals surface area contributed by atoms with Gasteiger partial charge in [0.05, 0.1) is 36.2 Å². The van der Waals surface area contributed by atoms with Crippen LogP contribution < -0.4 is 14.6 Å². The zero-order chi connectivity index (χ0) is 14.4. The molecule has 0 spiro atoms. The van der Waals surface area contributed by atoms with E-state index in [1.54, 1.807) is 0 Å². The smallest absolute Gasteiger partial charge is 0.282 e. The number of rotatable bonds is 7. The Bertz CT molecular complexity index is 490. The van der Waals surface area contributed by atoms with E-state index in [1.807, 2.05) is 0 Å². The Morgan fingerprint density at radius 3 is 2.58 bits per heavy atom. The summed E-state index contributed by atoms with van der Waals surface area (Å²) in [5, 5.41) is 21.6. The predicted molar refractivity (Wildman–Crippen MR) is 64.8 cm³/mol. The summed E-state index contributed by atoms with van der Waals surface area (Å²) in [6.07, 6.45) is 0.544. The van der Waals surface area contributed by atoms with Gasteiger partial charge in [-0.1, -0.05) is 0 Å². The fourth-order valence-corrected chi connectivity index (χ4v) is 1.48. The van der Waals surface area contributed by atoms with Gasteiger partial charge in [-0.25, -0.2) is 0 Å². The van der Waals surface area contributed by atoms with Gasteiger partial charge in [0.25, 0.3) is 5.69 Å². The Balaban J connectivity index is 3.19. The Morgan fingerprint density at radius 2 is 2.11 bits per heavy atom. The summed E-state index contributed by atoms with van der Waals surface area (Å²) in [7, 11) is 1.30. The van der Waals surface area contributed by atoms with Crippen molar-refractivity contribution in [2.45, 2.75) is 6.42 Å². The van der Waals surface area contributed by atoms with Crippen molar-refractivity contribution < 1.29 is 24.3 Å². The van der Waals surface area contributed by atoms with Gasteiger partial charge in [-0.3, -0.25) is 10.1 Å². The van der Waals surface area contributed by atoms with Gasteiger partial charge in [0.2, 0.25) is 0 Å². The molecule has 0 unspecified atom stereocenters. The topological polar surface area (TPSA) is 102 Å². The summed E-state index contributed by atoms with van der Waals surface area (Å²) in [4.78, 5) is 20.8. The van der Waals surface area contributed by atoms with Gasteiger partial charge in [0.1, 0.15) is 0 Å². The second kappa shape index (κ2) is 6.79. The first-order valence-electron chi connectivity index (χ1n) is 5.27. The van der Waals surface area contributed by atoms with Gasteiger partial charge < -0.3 is 19.4 Å². The molecule has 104 valence electrons. The van der Waals surface area contributed by atoms with E-state index in [2.05, 4.69) is 0 Å². The van der Waals surface area contributed by atoms with E-state index < -0.39 is 22.1 Å². The van der Waals surface area contributed by atoms with Crippen molar-refractivity contribution >= 4 is 23.3 Å². The molecule has 19 heavy (non-hydrogen) atoms. The third-order valence-corrected chi connectivity index (χ3v) is 2.50. The lowest BCUT2D eigenvalue weighted by atomic mass is 10.1. The number of carbonyl (C=O) groups is 1. The van der Waals surface area contributed by atoms with Crippen molar-refractivity contribution in [3.8, 4) is 11.5 Å². The Kier molecular flexibility index (Phi) is 5.37. The number of halogens is 1. The number of aromatic carboxylic acids is 1. The van der Waals surface area contributed by atoms with Crippen molar-refractivity contribution in [2.24, 2.45) is 0 Å². The summed E-state index contributed by atoms with van der Waals surface area (Å²) in [6, 6.07) is 2.00. The second-order valence-corrected chi connectivity index (χ2v) is 3.83. The number of methoxy groups -OCH3 is 1. The lowest BCUT2D eigenvalue weighted by molar-refractivity contribution is -0.385. The molecular weight excluding hydrogens is 278 g/mol. The van der Waals surface area contributed by atoms with Crippen LogP contribution in [0.15, 0.2) is 12.1 Å². The summed E-state index contributed by atoms with van der Waals surface area (Å²) in [5.74, 6) is -1.11. The number of nitro groups is 1. The van der Waals surface area contributed by atoms with Gasteiger partial charge >= 0.3 is 0 Å². The monoisotopic (exact) mass is 288 g/mol. The number of nitro benzene ring substituents is 1. The maximum atomic E-state index is 10.9. The number of alkyl halides is 1. The van der Waals surface area contributed by atoms with Crippen molar-refractivity contribution in [3.05, 3.63) is 27.8 Å². The molecule has 0 N–H and O–H groups in total. The number of carbonyl (C=O) groups excluding carboxylic acids is 1. The lowest BCUT2D eigenvalue weighted by Gasteiger charge is -2.12. The molecule has 8 heteroatoms. The minimum atomic E-state index is -1.66. The fourth-order valence-electron chi connectivity index (χ4n) is 1.37. The minimum Gasteiger partial charge on any atom is -0.545 e. The number of ether oxygens (including phenoxy) is 2. The molecule has 0 aliphatic carbocycles. The largest absolute Gasteiger partial charge is 0.545 e. The summed E-state index contributed by atoms with van der Waals surface area (Å²) >= 11 is 5.49. The number of carboxylic acids is 1. The highest BCUT2D eigenvalue weighted by atomic mass is 35.5. The fraction of sp³-hybridized carbons (Fsp3) is 0.364. The van der Waals surface area contributed by atoms with Crippen molar-refractivity contribution in [2.75, 3.05) is 19.6 Å². The highest BCUT2D eigenvalue weighted by molar-refractivity contribution is 6.17. The van der Waals surface area contributed by atoms with E-state index in [4.69, 9.17) is 21.1 Å². The second-order valence-electron chi connectivity index (χ2n) is 3.46. The van der Waals surface area contributed by atoms with E-state index in [0.717, 1.165) is 12.1 Å². The Hall–Kier alpha value is -2.02. The molecule has 1 rings (SSSR count). The molecule has 0 atom stereocenters. The Labute approximate surface area is 113 Å². The highest BCUT2D eigenvalue weighted by Gasteiger charge is 2.20. The molecule has 0 saturated carbocycles. The van der Waals surface area contributed by atoms with Crippen LogP contribution in [0.5, 0.6) is 11.5 Å². The number of benzene rings is 1. The summed E-state index contributed by atoms with van der Waals surface area (Å²) < 4.78 is 10.2. The maximum absolute atomic E-state index is 10.9. The van der Waals surface area contributed by atoms with Crippen LogP contribution in [-0.4, -0.2) is 30.5 Å². The van der Waals surface area contributed by atoms with Crippen LogP contribution in [-0.2, 0) is 0 Å². The first kappa shape index (κ1) is 15.0. The van der Waals surface area contributed by atoms with E-state index in [1.165, 1.54) is 7.11 Å². The molecule has 0 aromatic heterocycles. The summed E-state index contributed by atoms with van der Waals surface area (Å²) in [6.45, 7) is 0.240. The number of carboxylic acid groups (broad SMARTS) is 1. The zero-order valence-corrected chi connectivity index (χ0v) is 10.8. The number of hydrogen-bond donors (Lipinski definition) is 0. The van der Waals surface area contributed by atoms with Crippen molar-refractivity contribution in [1.82, 2.24) is 0 Å². The molecular formula is C11H11ClNO6-. The van der Waals surface area contributed by atoms with Crippen LogP contribution in [0.3, 0.4) is 0 Å². The van der Waals surface area contributed by atoms with Gasteiger partial charge in [0.15, 0.2) is 11.5 Å². The number of hydrogen-bond acceptors (Lipinski definition) is 6. The van der Waals surface area contributed by atoms with Crippen LogP contribution in [0, 0.1) is 10.1 Å². The van der Waals surface area contributed by atoms with E-state index in [-0.39, 0.29) is 18.1 Å². The lowest BCUT2D eigenvalue weighted by Crippen LogP contribution is -2.23. The van der Waals surface area contributed by atoms with E-state index in [9.17, 15) is 20.0 Å². The van der Waals surface area contributed by atoms with E-state index >= 15 is 0 Å². The highest BCUT2D eigenvalue weighted by Crippen LogP contribution is 2.34. The number of nitrogens with zero attached hydrogens (tertiary/aromatic N) is 1. The average Bonchev–Trinajstić information content (AvgIpc) is 2.38. The molecule has 1 aromatic carbocycles. The van der Waals surface area contributed by atoms with Gasteiger partial charge in [-0.2, -0.15) is 0 Å². The van der Waals surface area contributed by atoms with Crippen LogP contribution >= 0.6 is 11.6 Å². The van der Waals surface area contributed by atoms with Gasteiger partial charge in [-0.05, 0) is 12.5 Å². The zero-order valence-electron chi connectivity index (χ0n) is 10.1. The molecule has 0 aliphatic rings. The van der Waals surface area contributed by atoms with Crippen LogP contribution in [0.4, 0.5) is 5.69 Å². The SMILES string of the molecule is COc1cc([N+](=O)[O-])c(C(=O)[O-])cc1OCCCCl. The molecule has 0 aliphatic heterocycles. The average molecular weight is 289 g/mol. The molecule has 0 fully saturated rings. The normalized spacial score (nSPS) is 10.0. The molecule has 1 aromatic rings. The molecule has 0 saturated heterocycles. The first-order chi connectivity index (χ1) is 9.01. The third kappa shape index (κ3) is 3.72. The molecule has 0 amide bonds. The third-order valence-electron chi connectivity index (χ3n) is 2.23. The van der Waals surface area contributed by atoms with Crippen molar-refractivity contribution in [3.63, 3.8) is 0 Å². The van der Waals surface area contributed by atoms with Crippen molar-refractivity contribution in [1.29, 1.82) is 0 Å². The van der Waals surface area contributed by atoms with Crippen LogP contribution in [0.2, 0.25) is 0 Å². The quantitative estimate of drug-likeness (QED) is 0.321. The predicted octanol–water partition coefficient (Wildman–Crippen LogP) is 0.975. The summed E-state index contributed by atoms with van der Waals surface area (Å²) in [5.41, 5.74) is -1.17.